The van der Waals surface area contributed by atoms with Crippen LogP contribution in [-0.2, 0) is 0 Å². The van der Waals surface area contributed by atoms with E-state index in [1.807, 2.05) is 0 Å². The molecule has 2 rings (SSSR count). The second-order valence-electron chi connectivity index (χ2n) is 5.71. The molecular formula is C14H25NO. The molecule has 2 heteroatoms. The molecule has 0 aromatic carbocycles. The molecule has 2 nitrogen and oxygen atoms in total. The largest absolute Gasteiger partial charge is 0.396 e. The predicted molar refractivity (Wildman–Crippen MR) is 67.3 cm³/mol. The summed E-state index contributed by atoms with van der Waals surface area (Å²) >= 11 is 0. The third-order valence-corrected chi connectivity index (χ3v) is 4.44. The number of aliphatic hydroxyl groups is 1. The van der Waals surface area contributed by atoms with E-state index in [0.717, 1.165) is 18.4 Å². The minimum atomic E-state index is 0.367. The van der Waals surface area contributed by atoms with Crippen LogP contribution in [0.1, 0.15) is 33.1 Å². The van der Waals surface area contributed by atoms with E-state index in [4.69, 9.17) is 5.11 Å². The Kier molecular flexibility index (Phi) is 4.04. The molecule has 3 atom stereocenters. The average Bonchev–Trinajstić information content (AvgIpc) is 2.71. The minimum absolute atomic E-state index is 0.367. The number of aliphatic hydroxyl groups excluding tert-OH is 1. The molecule has 0 aromatic rings. The molecule has 1 N–H and O–H groups in total. The summed E-state index contributed by atoms with van der Waals surface area (Å²) < 4.78 is 0. The summed E-state index contributed by atoms with van der Waals surface area (Å²) in [6.07, 6.45) is 6.21. The van der Waals surface area contributed by atoms with E-state index in [0.29, 0.717) is 12.5 Å². The number of hydrogen-bond donors (Lipinski definition) is 1. The zero-order valence-corrected chi connectivity index (χ0v) is 10.7. The van der Waals surface area contributed by atoms with E-state index in [1.54, 1.807) is 5.57 Å². The number of likely N-dealkylation sites (tertiary alicyclic amines) is 1. The van der Waals surface area contributed by atoms with Crippen LogP contribution in [-0.4, -0.2) is 36.2 Å². The van der Waals surface area contributed by atoms with Crippen LogP contribution in [0.25, 0.3) is 0 Å². The molecule has 0 unspecified atom stereocenters. The van der Waals surface area contributed by atoms with E-state index in [2.05, 4.69) is 24.8 Å². The Morgan fingerprint density at radius 1 is 1.44 bits per heavy atom. The highest BCUT2D eigenvalue weighted by atomic mass is 16.3. The van der Waals surface area contributed by atoms with Crippen molar-refractivity contribution < 1.29 is 5.11 Å². The number of hydrogen-bond acceptors (Lipinski definition) is 2. The van der Waals surface area contributed by atoms with Crippen LogP contribution in [0.4, 0.5) is 0 Å². The lowest BCUT2D eigenvalue weighted by atomic mass is 9.80. The first-order chi connectivity index (χ1) is 7.70. The van der Waals surface area contributed by atoms with Gasteiger partial charge in [0.2, 0.25) is 0 Å². The fourth-order valence-electron chi connectivity index (χ4n) is 3.21. The molecule has 2 aliphatic rings. The minimum Gasteiger partial charge on any atom is -0.396 e. The van der Waals surface area contributed by atoms with Crippen molar-refractivity contribution in [2.45, 2.75) is 33.1 Å². The maximum absolute atomic E-state index is 9.16. The molecule has 1 aliphatic carbocycles. The lowest BCUT2D eigenvalue weighted by Gasteiger charge is -2.32. The van der Waals surface area contributed by atoms with Gasteiger partial charge in [0.15, 0.2) is 0 Å². The number of nitrogens with zero attached hydrogens (tertiary/aromatic N) is 1. The van der Waals surface area contributed by atoms with Crippen LogP contribution in [0, 0.1) is 17.8 Å². The van der Waals surface area contributed by atoms with Crippen LogP contribution < -0.4 is 0 Å². The summed E-state index contributed by atoms with van der Waals surface area (Å²) in [6, 6.07) is 0. The van der Waals surface area contributed by atoms with Gasteiger partial charge in [0, 0.05) is 19.7 Å². The standard InChI is InChI=1S/C14H25NO/c1-11-4-3-5-12(2)14(11)9-15-7-6-13(8-15)10-16/h4,12-14,16H,3,5-10H2,1-2H3/t12-,13+,14-/m0/s1. The average molecular weight is 223 g/mol. The van der Waals surface area contributed by atoms with Crippen LogP contribution in [0.5, 0.6) is 0 Å². The highest BCUT2D eigenvalue weighted by molar-refractivity contribution is 5.09. The Hall–Kier alpha value is -0.340. The van der Waals surface area contributed by atoms with E-state index < -0.39 is 0 Å². The third-order valence-electron chi connectivity index (χ3n) is 4.44. The molecule has 16 heavy (non-hydrogen) atoms. The monoisotopic (exact) mass is 223 g/mol. The maximum atomic E-state index is 9.16. The summed E-state index contributed by atoms with van der Waals surface area (Å²) in [6.45, 7) is 8.54. The number of rotatable bonds is 3. The first kappa shape index (κ1) is 12.1. The Morgan fingerprint density at radius 3 is 2.88 bits per heavy atom. The van der Waals surface area contributed by atoms with Gasteiger partial charge in [-0.25, -0.2) is 0 Å². The van der Waals surface area contributed by atoms with Crippen molar-refractivity contribution in [1.29, 1.82) is 0 Å². The fraction of sp³-hybridized carbons (Fsp3) is 0.857. The number of allylic oxidation sites excluding steroid dienone is 1. The molecule has 0 saturated carbocycles. The van der Waals surface area contributed by atoms with Gasteiger partial charge in [0.1, 0.15) is 0 Å². The quantitative estimate of drug-likeness (QED) is 0.742. The van der Waals surface area contributed by atoms with Gasteiger partial charge in [-0.3, -0.25) is 0 Å². The van der Waals surface area contributed by atoms with Crippen LogP contribution in [0.2, 0.25) is 0 Å². The summed E-state index contributed by atoms with van der Waals surface area (Å²) in [5.41, 5.74) is 1.59. The Balaban J connectivity index is 1.89. The second kappa shape index (κ2) is 5.33. The summed E-state index contributed by atoms with van der Waals surface area (Å²) in [7, 11) is 0. The molecular weight excluding hydrogens is 198 g/mol. The van der Waals surface area contributed by atoms with Crippen LogP contribution >= 0.6 is 0 Å². The van der Waals surface area contributed by atoms with Gasteiger partial charge in [-0.1, -0.05) is 18.6 Å². The van der Waals surface area contributed by atoms with Gasteiger partial charge in [-0.15, -0.1) is 0 Å². The maximum Gasteiger partial charge on any atom is 0.0471 e. The van der Waals surface area contributed by atoms with Gasteiger partial charge < -0.3 is 10.0 Å². The van der Waals surface area contributed by atoms with E-state index in [1.165, 1.54) is 32.4 Å². The lowest BCUT2D eigenvalue weighted by Crippen LogP contribution is -2.32. The highest BCUT2D eigenvalue weighted by Gasteiger charge is 2.28. The summed E-state index contributed by atoms with van der Waals surface area (Å²) in [4.78, 5) is 2.55. The zero-order chi connectivity index (χ0) is 11.5. The van der Waals surface area contributed by atoms with Gasteiger partial charge >= 0.3 is 0 Å². The van der Waals surface area contributed by atoms with Crippen LogP contribution in [0.3, 0.4) is 0 Å². The molecule has 0 radical (unpaired) electrons. The highest BCUT2D eigenvalue weighted by Crippen LogP contribution is 2.31. The second-order valence-corrected chi connectivity index (χ2v) is 5.71. The molecule has 92 valence electrons. The van der Waals surface area contributed by atoms with Gasteiger partial charge in [-0.2, -0.15) is 0 Å². The summed E-state index contributed by atoms with van der Waals surface area (Å²) in [5.74, 6) is 2.12. The van der Waals surface area contributed by atoms with Gasteiger partial charge in [0.05, 0.1) is 0 Å². The topological polar surface area (TPSA) is 23.5 Å². The smallest absolute Gasteiger partial charge is 0.0471 e. The van der Waals surface area contributed by atoms with Crippen molar-refractivity contribution in [3.63, 3.8) is 0 Å². The van der Waals surface area contributed by atoms with Crippen molar-refractivity contribution in [2.24, 2.45) is 17.8 Å². The van der Waals surface area contributed by atoms with Crippen molar-refractivity contribution in [1.82, 2.24) is 4.90 Å². The van der Waals surface area contributed by atoms with Crippen molar-refractivity contribution in [3.05, 3.63) is 11.6 Å². The molecule has 0 bridgehead atoms. The SMILES string of the molecule is CC1=CCC[C@H](C)[C@H]1CN1CC[C@@H](CO)C1. The van der Waals surface area contributed by atoms with E-state index >= 15 is 0 Å². The fourth-order valence-corrected chi connectivity index (χ4v) is 3.21. The summed E-state index contributed by atoms with van der Waals surface area (Å²) in [5, 5.41) is 9.16. The van der Waals surface area contributed by atoms with Gasteiger partial charge in [-0.05, 0) is 50.5 Å². The normalized spacial score (nSPS) is 36.4. The van der Waals surface area contributed by atoms with Crippen molar-refractivity contribution >= 4 is 0 Å². The van der Waals surface area contributed by atoms with Crippen molar-refractivity contribution in [2.75, 3.05) is 26.2 Å². The molecule has 1 aliphatic heterocycles. The predicted octanol–water partition coefficient (Wildman–Crippen LogP) is 2.29. The first-order valence-corrected chi connectivity index (χ1v) is 6.70. The Bertz CT molecular complexity index is 261. The van der Waals surface area contributed by atoms with Gasteiger partial charge in [0.25, 0.3) is 0 Å². The molecule has 0 amide bonds. The molecule has 1 saturated heterocycles. The van der Waals surface area contributed by atoms with Crippen molar-refractivity contribution in [3.8, 4) is 0 Å². The molecule has 1 heterocycles. The zero-order valence-electron chi connectivity index (χ0n) is 10.7. The lowest BCUT2D eigenvalue weighted by molar-refractivity contribution is 0.203. The van der Waals surface area contributed by atoms with E-state index in [9.17, 15) is 0 Å². The Labute approximate surface area is 99.3 Å². The van der Waals surface area contributed by atoms with Crippen LogP contribution in [0.15, 0.2) is 11.6 Å². The molecule has 1 fully saturated rings. The molecule has 0 spiro atoms. The first-order valence-electron chi connectivity index (χ1n) is 6.70. The third kappa shape index (κ3) is 2.67. The van der Waals surface area contributed by atoms with E-state index in [-0.39, 0.29) is 0 Å². The Morgan fingerprint density at radius 2 is 2.25 bits per heavy atom. The molecule has 0 aromatic heterocycles.